The molecule has 82 valence electrons. The summed E-state index contributed by atoms with van der Waals surface area (Å²) in [5, 5.41) is 0. The molecule has 0 radical (unpaired) electrons. The smallest absolute Gasteiger partial charge is 0.256 e. The average molecular weight is 348 g/mol. The molecular weight excluding hydrogens is 343 g/mol. The number of aromatic nitrogens is 2. The van der Waals surface area contributed by atoms with Gasteiger partial charge in [0.25, 0.3) is 5.88 Å². The first-order chi connectivity index (χ1) is 7.65. The van der Waals surface area contributed by atoms with E-state index in [0.29, 0.717) is 10.2 Å². The summed E-state index contributed by atoms with van der Waals surface area (Å²) >= 11 is 6.36. The molecule has 0 aromatic carbocycles. The van der Waals surface area contributed by atoms with Gasteiger partial charge in [0.2, 0.25) is 0 Å². The maximum atomic E-state index is 13.4. The Kier molecular flexibility index (Phi) is 3.50. The summed E-state index contributed by atoms with van der Waals surface area (Å²) in [4.78, 5) is 7.71. The topological polar surface area (TPSA) is 35.0 Å². The Morgan fingerprint density at radius 3 is 2.50 bits per heavy atom. The molecule has 0 aliphatic rings. The Hall–Kier alpha value is -1.01. The average Bonchev–Trinajstić information content (AvgIpc) is 2.22. The fraction of sp³-hybridized carbons (Fsp3) is 0. The molecule has 0 N–H and O–H groups in total. The van der Waals surface area contributed by atoms with Crippen LogP contribution >= 0.6 is 31.9 Å². The van der Waals surface area contributed by atoms with Gasteiger partial charge in [-0.25, -0.2) is 9.37 Å². The van der Waals surface area contributed by atoms with Crippen molar-refractivity contribution in [3.63, 3.8) is 0 Å². The lowest BCUT2D eigenvalue weighted by atomic mass is 10.4. The van der Waals surface area contributed by atoms with Crippen LogP contribution in [0.25, 0.3) is 0 Å². The van der Waals surface area contributed by atoms with Crippen LogP contribution in [0.15, 0.2) is 39.7 Å². The van der Waals surface area contributed by atoms with E-state index in [9.17, 15) is 4.39 Å². The Morgan fingerprint density at radius 1 is 1.06 bits per heavy atom. The van der Waals surface area contributed by atoms with Crippen LogP contribution in [0.2, 0.25) is 0 Å². The first kappa shape index (κ1) is 11.5. The third-order valence-electron chi connectivity index (χ3n) is 1.67. The van der Waals surface area contributed by atoms with Gasteiger partial charge in [-0.05, 0) is 44.0 Å². The van der Waals surface area contributed by atoms with E-state index >= 15 is 0 Å². The second-order valence-corrected chi connectivity index (χ2v) is 4.71. The van der Waals surface area contributed by atoms with Crippen LogP contribution in [-0.2, 0) is 0 Å². The van der Waals surface area contributed by atoms with Gasteiger partial charge < -0.3 is 4.74 Å². The minimum atomic E-state index is -0.533. The molecule has 0 spiro atoms. The molecule has 2 heterocycles. The highest BCUT2D eigenvalue weighted by Crippen LogP contribution is 2.25. The highest BCUT2D eigenvalue weighted by atomic mass is 79.9. The predicted molar refractivity (Wildman–Crippen MR) is 63.9 cm³/mol. The highest BCUT2D eigenvalue weighted by Gasteiger charge is 2.07. The van der Waals surface area contributed by atoms with Gasteiger partial charge in [0, 0.05) is 21.3 Å². The largest absolute Gasteiger partial charge is 0.435 e. The van der Waals surface area contributed by atoms with E-state index in [1.807, 2.05) is 0 Å². The second kappa shape index (κ2) is 4.88. The number of hydrogen-bond acceptors (Lipinski definition) is 3. The minimum Gasteiger partial charge on any atom is -0.435 e. The molecule has 0 aliphatic heterocycles. The van der Waals surface area contributed by atoms with Crippen LogP contribution in [0.3, 0.4) is 0 Å². The molecular formula is C10H5Br2FN2O. The first-order valence-corrected chi connectivity index (χ1v) is 5.83. The van der Waals surface area contributed by atoms with E-state index in [1.165, 1.54) is 18.5 Å². The van der Waals surface area contributed by atoms with E-state index in [4.69, 9.17) is 4.74 Å². The quantitative estimate of drug-likeness (QED) is 0.825. The number of ether oxygens (including phenoxy) is 1. The molecule has 0 unspecified atom stereocenters. The van der Waals surface area contributed by atoms with Gasteiger partial charge in [-0.2, -0.15) is 0 Å². The summed E-state index contributed by atoms with van der Waals surface area (Å²) < 4.78 is 19.9. The summed E-state index contributed by atoms with van der Waals surface area (Å²) in [7, 11) is 0. The number of nitrogens with zero attached hydrogens (tertiary/aromatic N) is 2. The van der Waals surface area contributed by atoms with E-state index in [1.54, 1.807) is 12.3 Å². The van der Waals surface area contributed by atoms with Gasteiger partial charge in [-0.15, -0.1) is 0 Å². The normalized spacial score (nSPS) is 10.2. The number of halogens is 3. The molecule has 0 atom stereocenters. The van der Waals surface area contributed by atoms with Gasteiger partial charge in [0.05, 0.1) is 6.20 Å². The summed E-state index contributed by atoms with van der Waals surface area (Å²) in [6.07, 6.45) is 4.55. The van der Waals surface area contributed by atoms with Crippen molar-refractivity contribution < 1.29 is 9.13 Å². The molecule has 0 fully saturated rings. The van der Waals surface area contributed by atoms with E-state index in [0.717, 1.165) is 4.47 Å². The van der Waals surface area contributed by atoms with Crippen molar-refractivity contribution in [2.75, 3.05) is 0 Å². The van der Waals surface area contributed by atoms with E-state index in [-0.39, 0.29) is 5.88 Å². The van der Waals surface area contributed by atoms with Gasteiger partial charge in [-0.3, -0.25) is 4.98 Å². The van der Waals surface area contributed by atoms with Crippen LogP contribution in [0.5, 0.6) is 11.6 Å². The van der Waals surface area contributed by atoms with Crippen LogP contribution in [0, 0.1) is 5.82 Å². The summed E-state index contributed by atoms with van der Waals surface area (Å²) in [5.41, 5.74) is 0. The zero-order chi connectivity index (χ0) is 11.5. The predicted octanol–water partition coefficient (Wildman–Crippen LogP) is 3.93. The van der Waals surface area contributed by atoms with Gasteiger partial charge in [0.15, 0.2) is 5.82 Å². The molecule has 16 heavy (non-hydrogen) atoms. The Balaban J connectivity index is 2.27. The third-order valence-corrected chi connectivity index (χ3v) is 2.54. The molecule has 0 amide bonds. The maximum Gasteiger partial charge on any atom is 0.256 e. The van der Waals surface area contributed by atoms with Crippen molar-refractivity contribution in [1.82, 2.24) is 9.97 Å². The molecule has 2 aromatic rings. The highest BCUT2D eigenvalue weighted by molar-refractivity contribution is 9.10. The van der Waals surface area contributed by atoms with Crippen molar-refractivity contribution >= 4 is 31.9 Å². The zero-order valence-electron chi connectivity index (χ0n) is 7.82. The minimum absolute atomic E-state index is 0.0805. The van der Waals surface area contributed by atoms with E-state index < -0.39 is 5.82 Å². The zero-order valence-corrected chi connectivity index (χ0v) is 11.0. The van der Waals surface area contributed by atoms with Gasteiger partial charge in [-0.1, -0.05) is 0 Å². The maximum absolute atomic E-state index is 13.4. The molecule has 3 nitrogen and oxygen atoms in total. The Morgan fingerprint density at radius 2 is 1.81 bits per heavy atom. The van der Waals surface area contributed by atoms with Crippen LogP contribution < -0.4 is 4.74 Å². The fourth-order valence-corrected chi connectivity index (χ4v) is 1.68. The lowest BCUT2D eigenvalue weighted by Crippen LogP contribution is -1.92. The second-order valence-electron chi connectivity index (χ2n) is 2.88. The Bertz CT molecular complexity index is 522. The third kappa shape index (κ3) is 2.76. The lowest BCUT2D eigenvalue weighted by molar-refractivity contribution is 0.420. The molecule has 0 saturated heterocycles. The molecule has 2 aromatic heterocycles. The molecule has 6 heteroatoms. The van der Waals surface area contributed by atoms with Gasteiger partial charge >= 0.3 is 0 Å². The summed E-state index contributed by atoms with van der Waals surface area (Å²) in [6.45, 7) is 0. The molecule has 0 saturated carbocycles. The van der Waals surface area contributed by atoms with Crippen LogP contribution in [0.1, 0.15) is 0 Å². The van der Waals surface area contributed by atoms with Crippen molar-refractivity contribution in [3.05, 3.63) is 45.5 Å². The lowest BCUT2D eigenvalue weighted by Gasteiger charge is -2.05. The molecule has 0 bridgehead atoms. The van der Waals surface area contributed by atoms with E-state index in [2.05, 4.69) is 41.8 Å². The van der Waals surface area contributed by atoms with Crippen LogP contribution in [-0.4, -0.2) is 9.97 Å². The number of rotatable bonds is 2. The van der Waals surface area contributed by atoms with Crippen LogP contribution in [0.4, 0.5) is 4.39 Å². The van der Waals surface area contributed by atoms with Crippen molar-refractivity contribution in [2.24, 2.45) is 0 Å². The van der Waals surface area contributed by atoms with Crippen molar-refractivity contribution in [2.45, 2.75) is 0 Å². The summed E-state index contributed by atoms with van der Waals surface area (Å²) in [5.74, 6) is -0.194. The molecule has 2 rings (SSSR count). The number of pyridine rings is 2. The van der Waals surface area contributed by atoms with Crippen molar-refractivity contribution in [3.8, 4) is 11.6 Å². The monoisotopic (exact) mass is 346 g/mol. The summed E-state index contributed by atoms with van der Waals surface area (Å²) in [6, 6.07) is 2.96. The first-order valence-electron chi connectivity index (χ1n) is 4.24. The fourth-order valence-electron chi connectivity index (χ4n) is 1.04. The standard InChI is InChI=1S/C10H5Br2FN2O/c11-6-1-8(5-14-3-6)16-10-9(13)2-7(12)4-15-10/h1-5H. The number of hydrogen-bond donors (Lipinski definition) is 0. The Labute approximate surface area is 108 Å². The van der Waals surface area contributed by atoms with Crippen molar-refractivity contribution in [1.29, 1.82) is 0 Å². The molecule has 0 aliphatic carbocycles. The SMILES string of the molecule is Fc1cc(Br)cnc1Oc1cncc(Br)c1. The van der Waals surface area contributed by atoms with Gasteiger partial charge in [0.1, 0.15) is 5.75 Å².